The summed E-state index contributed by atoms with van der Waals surface area (Å²) in [5.74, 6) is 7.12. The Balaban J connectivity index is 1.70. The Morgan fingerprint density at radius 1 is 0.244 bits per heavy atom. The van der Waals surface area contributed by atoms with Crippen molar-refractivity contribution in [1.29, 1.82) is 0 Å². The quantitative estimate of drug-likeness (QED) is 0.0358. The van der Waals surface area contributed by atoms with Crippen LogP contribution in [0.3, 0.4) is 0 Å². The average molecular weight is 1190 g/mol. The van der Waals surface area contributed by atoms with Gasteiger partial charge in [-0.3, -0.25) is 4.99 Å². The third kappa shape index (κ3) is 53.2. The van der Waals surface area contributed by atoms with Crippen LogP contribution < -0.4 is 0 Å². The molecule has 0 radical (unpaired) electrons. The molecule has 2 aromatic rings. The molecule has 0 heterocycles. The third-order valence-electron chi connectivity index (χ3n) is 19.0. The van der Waals surface area contributed by atoms with Gasteiger partial charge in [-0.1, -0.05) is 424 Å². The molecule has 0 aromatic heterocycles. The van der Waals surface area contributed by atoms with Gasteiger partial charge < -0.3 is 0 Å². The molecular formula is C84H148N2. The summed E-state index contributed by atoms with van der Waals surface area (Å²) in [6.45, 7) is 9.15. The number of benzene rings is 2. The number of hydrogen-bond acceptors (Lipinski definition) is 2. The van der Waals surface area contributed by atoms with Crippen molar-refractivity contribution in [3.63, 3.8) is 0 Å². The first-order chi connectivity index (χ1) is 42.7. The molecule has 2 aromatic carbocycles. The Kier molecular flexibility index (Phi) is 60.3. The zero-order valence-corrected chi connectivity index (χ0v) is 58.8. The maximum atomic E-state index is 5.22. The van der Waals surface area contributed by atoms with E-state index in [2.05, 4.69) is 88.1 Å². The van der Waals surface area contributed by atoms with Gasteiger partial charge in [0.05, 0.1) is 17.1 Å². The lowest BCUT2D eigenvalue weighted by atomic mass is 10.0. The minimum atomic E-state index is 0.811. The molecule has 2 nitrogen and oxygen atoms in total. The second-order valence-corrected chi connectivity index (χ2v) is 27.4. The van der Waals surface area contributed by atoms with Crippen molar-refractivity contribution in [1.82, 2.24) is 0 Å². The molecule has 86 heavy (non-hydrogen) atoms. The van der Waals surface area contributed by atoms with Crippen LogP contribution >= 0.6 is 0 Å². The van der Waals surface area contributed by atoms with E-state index in [0.29, 0.717) is 0 Å². The highest BCUT2D eigenvalue weighted by atomic mass is 14.8. The van der Waals surface area contributed by atoms with Gasteiger partial charge in [0.15, 0.2) is 0 Å². The topological polar surface area (TPSA) is 24.7 Å². The number of hydrogen-bond donors (Lipinski definition) is 0. The second kappa shape index (κ2) is 65.3. The van der Waals surface area contributed by atoms with E-state index in [1.54, 1.807) is 0 Å². The molecule has 0 N–H and O–H groups in total. The lowest BCUT2D eigenvalue weighted by molar-refractivity contribution is 0.518. The Morgan fingerprint density at radius 3 is 0.686 bits per heavy atom. The first-order valence-electron chi connectivity index (χ1n) is 39.5. The van der Waals surface area contributed by atoms with Gasteiger partial charge in [-0.25, -0.2) is 4.99 Å². The standard InChI is InChI=1S/C84H148N2/c1-5-9-12-15-18-21-24-27-30-33-35-37-39-41-43-45-47-50-53-56-59-62-65-68-79-71-75-81(76-72-79)85-83(8-4)84(70-67-64-61-58-55-52-49-32-29-26-23-20-17-14-11-7-3)86-82-77-73-80(74-78-82)69-66-63-60-57-54-51-48-46-44-42-40-38-36-34-31-28-25-22-19-16-13-10-6-2/h71-78H,5-66,68-69H2,1-4H3. The molecule has 0 bridgehead atoms. The van der Waals surface area contributed by atoms with Crippen LogP contribution in [-0.2, 0) is 12.8 Å². The molecule has 0 saturated carbocycles. The van der Waals surface area contributed by atoms with Gasteiger partial charge in [0.1, 0.15) is 5.71 Å². The van der Waals surface area contributed by atoms with Crippen LogP contribution in [0.5, 0.6) is 0 Å². The molecule has 0 atom stereocenters. The van der Waals surface area contributed by atoms with E-state index in [-0.39, 0.29) is 0 Å². The van der Waals surface area contributed by atoms with Gasteiger partial charge >= 0.3 is 0 Å². The molecule has 494 valence electrons. The van der Waals surface area contributed by atoms with Gasteiger partial charge in [0.2, 0.25) is 0 Å². The van der Waals surface area contributed by atoms with Gasteiger partial charge in [0, 0.05) is 6.42 Å². The van der Waals surface area contributed by atoms with E-state index in [1.165, 1.54) is 396 Å². The number of unbranched alkanes of at least 4 members (excludes halogenated alkanes) is 58. The number of rotatable bonds is 66. The monoisotopic (exact) mass is 1190 g/mol. The fourth-order valence-corrected chi connectivity index (χ4v) is 13.0. The fourth-order valence-electron chi connectivity index (χ4n) is 13.0. The molecule has 0 aliphatic carbocycles. The summed E-state index contributed by atoms with van der Waals surface area (Å²) < 4.78 is 0. The summed E-state index contributed by atoms with van der Waals surface area (Å²) in [4.78, 5) is 10.4. The lowest BCUT2D eigenvalue weighted by Crippen LogP contribution is -2.11. The smallest absolute Gasteiger partial charge is 0.135 e. The van der Waals surface area contributed by atoms with Crippen LogP contribution in [0.25, 0.3) is 0 Å². The van der Waals surface area contributed by atoms with E-state index >= 15 is 0 Å². The van der Waals surface area contributed by atoms with Crippen LogP contribution in [0.15, 0.2) is 58.5 Å². The molecule has 2 heteroatoms. The van der Waals surface area contributed by atoms with Crippen LogP contribution in [0.4, 0.5) is 11.4 Å². The Bertz CT molecular complexity index is 1790. The molecule has 0 aliphatic heterocycles. The van der Waals surface area contributed by atoms with E-state index in [9.17, 15) is 0 Å². The van der Waals surface area contributed by atoms with Crippen LogP contribution in [0.1, 0.15) is 437 Å². The summed E-state index contributed by atoms with van der Waals surface area (Å²) in [5, 5.41) is 0. The maximum Gasteiger partial charge on any atom is 0.135 e. The van der Waals surface area contributed by atoms with Crippen molar-refractivity contribution in [2.24, 2.45) is 9.98 Å². The largest absolute Gasteiger partial charge is 0.251 e. The third-order valence-corrected chi connectivity index (χ3v) is 19.0. The van der Waals surface area contributed by atoms with Gasteiger partial charge in [-0.05, 0) is 79.8 Å². The van der Waals surface area contributed by atoms with Crippen molar-refractivity contribution in [3.8, 4) is 11.8 Å². The Hall–Kier alpha value is -2.66. The first-order valence-corrected chi connectivity index (χ1v) is 39.5. The molecule has 2 rings (SSSR count). The molecule has 0 amide bonds. The normalized spacial score (nSPS) is 12.0. The molecule has 0 aliphatic rings. The van der Waals surface area contributed by atoms with Crippen LogP contribution in [-0.4, -0.2) is 11.4 Å². The summed E-state index contributed by atoms with van der Waals surface area (Å²) in [6, 6.07) is 18.1. The minimum Gasteiger partial charge on any atom is -0.251 e. The molecular weight excluding hydrogens is 1040 g/mol. The highest BCUT2D eigenvalue weighted by Crippen LogP contribution is 2.23. The van der Waals surface area contributed by atoms with Crippen molar-refractivity contribution >= 4 is 22.8 Å². The summed E-state index contributed by atoms with van der Waals surface area (Å²) in [7, 11) is 0. The van der Waals surface area contributed by atoms with Gasteiger partial charge in [-0.15, -0.1) is 0 Å². The van der Waals surface area contributed by atoms with E-state index in [1.807, 2.05) is 0 Å². The average Bonchev–Trinajstić information content (AvgIpc) is 3.68. The predicted molar refractivity (Wildman–Crippen MR) is 391 cm³/mol. The lowest BCUT2D eigenvalue weighted by Gasteiger charge is -2.07. The Labute approximate surface area is 540 Å². The van der Waals surface area contributed by atoms with Crippen molar-refractivity contribution in [2.75, 3.05) is 0 Å². The van der Waals surface area contributed by atoms with Gasteiger partial charge in [-0.2, -0.15) is 0 Å². The van der Waals surface area contributed by atoms with Crippen LogP contribution in [0, 0.1) is 11.8 Å². The zero-order chi connectivity index (χ0) is 61.2. The number of aliphatic imine (C=N–C) groups is 2. The van der Waals surface area contributed by atoms with Gasteiger partial charge in [0.25, 0.3) is 0 Å². The van der Waals surface area contributed by atoms with Crippen molar-refractivity contribution in [2.45, 2.75) is 439 Å². The van der Waals surface area contributed by atoms with Crippen LogP contribution in [0.2, 0.25) is 0 Å². The molecule has 0 saturated heterocycles. The van der Waals surface area contributed by atoms with E-state index in [4.69, 9.17) is 9.98 Å². The summed E-state index contributed by atoms with van der Waals surface area (Å²) >= 11 is 0. The Morgan fingerprint density at radius 2 is 0.453 bits per heavy atom. The highest BCUT2D eigenvalue weighted by molar-refractivity contribution is 6.49. The van der Waals surface area contributed by atoms with E-state index < -0.39 is 0 Å². The minimum absolute atomic E-state index is 0.811. The zero-order valence-electron chi connectivity index (χ0n) is 58.8. The molecule has 0 fully saturated rings. The molecule has 0 unspecified atom stereocenters. The predicted octanol–water partition coefficient (Wildman–Crippen LogP) is 29.9. The maximum absolute atomic E-state index is 5.22. The van der Waals surface area contributed by atoms with E-state index in [0.717, 1.165) is 48.5 Å². The summed E-state index contributed by atoms with van der Waals surface area (Å²) in [6.07, 6.45) is 89.5. The fraction of sp³-hybridized carbons (Fsp3) is 0.810. The SMILES string of the molecule is CCCCCCCCCCCCCCCCC#CC(=Nc1ccc(CCCCCCCCCCCCCCCCCCCCCCCCC)cc1)C(CC)=Nc1ccc(CCCCCCCCCCCCCCCCCCCCCCCCC)cc1. The number of nitrogens with zero attached hydrogens (tertiary/aromatic N) is 2. The number of aryl methyl sites for hydroxylation is 2. The summed E-state index contributed by atoms with van der Waals surface area (Å²) in [5.41, 5.74) is 6.71. The van der Waals surface area contributed by atoms with Crippen molar-refractivity contribution in [3.05, 3.63) is 59.7 Å². The second-order valence-electron chi connectivity index (χ2n) is 27.4. The first kappa shape index (κ1) is 79.4. The highest BCUT2D eigenvalue weighted by Gasteiger charge is 2.08. The molecule has 0 spiro atoms. The van der Waals surface area contributed by atoms with Crippen molar-refractivity contribution < 1.29 is 0 Å².